The van der Waals surface area contributed by atoms with E-state index in [1.807, 2.05) is 18.2 Å². The Hall–Kier alpha value is -0.620. The molecule has 4 nitrogen and oxygen atoms in total. The lowest BCUT2D eigenvalue weighted by molar-refractivity contribution is -0.112. The van der Waals surface area contributed by atoms with Crippen molar-refractivity contribution in [2.24, 2.45) is 0 Å². The van der Waals surface area contributed by atoms with Crippen molar-refractivity contribution in [1.29, 1.82) is 0 Å². The molecule has 2 fully saturated rings. The molecule has 116 valence electrons. The van der Waals surface area contributed by atoms with Crippen LogP contribution in [-0.2, 0) is 9.47 Å². The fourth-order valence-corrected chi connectivity index (χ4v) is 3.42. The van der Waals surface area contributed by atoms with Gasteiger partial charge < -0.3 is 19.3 Å². The number of hydrogen-bond donors (Lipinski definition) is 1. The van der Waals surface area contributed by atoms with E-state index in [0.717, 1.165) is 41.7 Å². The quantitative estimate of drug-likeness (QED) is 0.903. The van der Waals surface area contributed by atoms with E-state index in [4.69, 9.17) is 14.2 Å². The Morgan fingerprint density at radius 3 is 3.00 bits per heavy atom. The van der Waals surface area contributed by atoms with Gasteiger partial charge in [0.25, 0.3) is 0 Å². The van der Waals surface area contributed by atoms with Crippen molar-refractivity contribution in [3.63, 3.8) is 0 Å². The van der Waals surface area contributed by atoms with Gasteiger partial charge in [0.15, 0.2) is 0 Å². The molecule has 2 aliphatic heterocycles. The molecule has 0 amide bonds. The third kappa shape index (κ3) is 3.42. The van der Waals surface area contributed by atoms with Crippen LogP contribution in [0.5, 0.6) is 5.75 Å². The number of halogens is 1. The molecule has 1 spiro atoms. The smallest absolute Gasteiger partial charge is 0.126 e. The van der Waals surface area contributed by atoms with Gasteiger partial charge in [0.2, 0.25) is 0 Å². The van der Waals surface area contributed by atoms with Crippen molar-refractivity contribution >= 4 is 15.9 Å². The summed E-state index contributed by atoms with van der Waals surface area (Å²) in [6, 6.07) is 5.75. The van der Waals surface area contributed by atoms with Gasteiger partial charge in [-0.2, -0.15) is 0 Å². The van der Waals surface area contributed by atoms with E-state index in [2.05, 4.69) is 15.9 Å². The van der Waals surface area contributed by atoms with Gasteiger partial charge in [0, 0.05) is 35.9 Å². The van der Waals surface area contributed by atoms with Gasteiger partial charge in [-0.25, -0.2) is 0 Å². The molecule has 1 N–H and O–H groups in total. The zero-order valence-corrected chi connectivity index (χ0v) is 13.8. The van der Waals surface area contributed by atoms with Crippen LogP contribution in [0, 0.1) is 0 Å². The molecule has 3 atom stereocenters. The Morgan fingerprint density at radius 1 is 1.43 bits per heavy atom. The van der Waals surface area contributed by atoms with Crippen molar-refractivity contribution in [2.45, 2.75) is 44.0 Å². The molecule has 0 aromatic heterocycles. The Morgan fingerprint density at radius 2 is 2.29 bits per heavy atom. The highest BCUT2D eigenvalue weighted by Crippen LogP contribution is 2.36. The minimum absolute atomic E-state index is 0.104. The predicted octanol–water partition coefficient (Wildman–Crippen LogP) is 3.22. The van der Waals surface area contributed by atoms with Gasteiger partial charge in [0.05, 0.1) is 24.9 Å². The molecule has 0 radical (unpaired) electrons. The summed E-state index contributed by atoms with van der Waals surface area (Å²) in [6.45, 7) is 3.88. The van der Waals surface area contributed by atoms with Crippen molar-refractivity contribution in [3.05, 3.63) is 28.2 Å². The molecule has 2 unspecified atom stereocenters. The van der Waals surface area contributed by atoms with E-state index in [0.29, 0.717) is 13.2 Å². The highest BCUT2D eigenvalue weighted by molar-refractivity contribution is 9.10. The molecule has 0 bridgehead atoms. The maximum Gasteiger partial charge on any atom is 0.126 e. The molecule has 1 aromatic rings. The standard InChI is InChI=1S/C16H21BrO4/c1-11(18)14-3-2-12(17)8-15(14)21-13-4-6-20-16(9-13)5-7-19-10-16/h2-3,8,11,13,18H,4-7,9-10H2,1H3/t11-,13?,16?/m1/s1. The third-order valence-corrected chi connectivity index (χ3v) is 4.73. The summed E-state index contributed by atoms with van der Waals surface area (Å²) in [6.07, 6.45) is 2.21. The molecule has 2 heterocycles. The van der Waals surface area contributed by atoms with Gasteiger partial charge >= 0.3 is 0 Å². The summed E-state index contributed by atoms with van der Waals surface area (Å²) in [7, 11) is 0. The molecule has 1 aromatic carbocycles. The minimum atomic E-state index is -0.545. The summed E-state index contributed by atoms with van der Waals surface area (Å²) >= 11 is 3.46. The molecule has 5 heteroatoms. The fraction of sp³-hybridized carbons (Fsp3) is 0.625. The zero-order valence-electron chi connectivity index (χ0n) is 12.2. The van der Waals surface area contributed by atoms with Crippen LogP contribution in [0.25, 0.3) is 0 Å². The Bertz CT molecular complexity index is 497. The van der Waals surface area contributed by atoms with E-state index >= 15 is 0 Å². The van der Waals surface area contributed by atoms with Crippen molar-refractivity contribution in [3.8, 4) is 5.75 Å². The third-order valence-electron chi connectivity index (χ3n) is 4.23. The first-order valence-electron chi connectivity index (χ1n) is 7.44. The average Bonchev–Trinajstić information content (AvgIpc) is 2.86. The summed E-state index contributed by atoms with van der Waals surface area (Å²) in [5.74, 6) is 0.750. The van der Waals surface area contributed by atoms with Crippen molar-refractivity contribution in [2.75, 3.05) is 19.8 Å². The molecule has 2 aliphatic rings. The van der Waals surface area contributed by atoms with Crippen LogP contribution in [0.4, 0.5) is 0 Å². The maximum atomic E-state index is 9.89. The first kappa shape index (κ1) is 15.3. The molecule has 0 aliphatic carbocycles. The van der Waals surface area contributed by atoms with Crippen LogP contribution >= 0.6 is 15.9 Å². The predicted molar refractivity (Wildman–Crippen MR) is 82.5 cm³/mol. The largest absolute Gasteiger partial charge is 0.490 e. The molecule has 2 saturated heterocycles. The maximum absolute atomic E-state index is 9.89. The van der Waals surface area contributed by atoms with E-state index < -0.39 is 6.10 Å². The first-order chi connectivity index (χ1) is 10.1. The Labute approximate surface area is 133 Å². The van der Waals surface area contributed by atoms with Crippen LogP contribution in [0.1, 0.15) is 37.9 Å². The summed E-state index contributed by atoms with van der Waals surface area (Å²) < 4.78 is 18.6. The second kappa shape index (κ2) is 6.24. The van der Waals surface area contributed by atoms with E-state index in [1.165, 1.54) is 0 Å². The highest BCUT2D eigenvalue weighted by Gasteiger charge is 2.42. The molecular formula is C16H21BrO4. The summed E-state index contributed by atoms with van der Waals surface area (Å²) in [5.41, 5.74) is 0.654. The fourth-order valence-electron chi connectivity index (χ4n) is 3.08. The lowest BCUT2D eigenvalue weighted by Gasteiger charge is -2.37. The van der Waals surface area contributed by atoms with Gasteiger partial charge in [-0.1, -0.05) is 22.0 Å². The van der Waals surface area contributed by atoms with Gasteiger partial charge in [0.1, 0.15) is 11.9 Å². The van der Waals surface area contributed by atoms with Crippen LogP contribution in [-0.4, -0.2) is 36.6 Å². The zero-order chi connectivity index (χ0) is 14.9. The van der Waals surface area contributed by atoms with Gasteiger partial charge in [-0.3, -0.25) is 0 Å². The molecule has 0 saturated carbocycles. The van der Waals surface area contributed by atoms with E-state index in [-0.39, 0.29) is 11.7 Å². The van der Waals surface area contributed by atoms with Crippen molar-refractivity contribution < 1.29 is 19.3 Å². The number of benzene rings is 1. The van der Waals surface area contributed by atoms with Gasteiger partial charge in [-0.15, -0.1) is 0 Å². The summed E-state index contributed by atoms with van der Waals surface area (Å²) in [4.78, 5) is 0. The van der Waals surface area contributed by atoms with Crippen LogP contribution in [0.15, 0.2) is 22.7 Å². The minimum Gasteiger partial charge on any atom is -0.490 e. The first-order valence-corrected chi connectivity index (χ1v) is 8.23. The topological polar surface area (TPSA) is 47.9 Å². The molecular weight excluding hydrogens is 336 g/mol. The SMILES string of the molecule is C[C@@H](O)c1ccc(Br)cc1OC1CCOC2(CCOC2)C1. The van der Waals surface area contributed by atoms with Crippen LogP contribution in [0.3, 0.4) is 0 Å². The van der Waals surface area contributed by atoms with Crippen molar-refractivity contribution in [1.82, 2.24) is 0 Å². The second-order valence-electron chi connectivity index (χ2n) is 5.92. The second-order valence-corrected chi connectivity index (χ2v) is 6.84. The normalized spacial score (nSPS) is 30.5. The number of aliphatic hydroxyl groups excluding tert-OH is 1. The Kier molecular flexibility index (Phi) is 4.54. The van der Waals surface area contributed by atoms with Gasteiger partial charge in [-0.05, 0) is 19.1 Å². The van der Waals surface area contributed by atoms with Crippen LogP contribution < -0.4 is 4.74 Å². The number of rotatable bonds is 3. The van der Waals surface area contributed by atoms with Crippen LogP contribution in [0.2, 0.25) is 0 Å². The lowest BCUT2D eigenvalue weighted by atomic mass is 9.91. The molecule has 3 rings (SSSR count). The average molecular weight is 357 g/mol. The number of hydrogen-bond acceptors (Lipinski definition) is 4. The monoisotopic (exact) mass is 356 g/mol. The number of aliphatic hydroxyl groups is 1. The molecule has 21 heavy (non-hydrogen) atoms. The highest BCUT2D eigenvalue weighted by atomic mass is 79.9. The Balaban J connectivity index is 1.75. The summed E-state index contributed by atoms with van der Waals surface area (Å²) in [5, 5.41) is 9.89. The van der Waals surface area contributed by atoms with E-state index in [9.17, 15) is 5.11 Å². The number of ether oxygens (including phenoxy) is 3. The van der Waals surface area contributed by atoms with E-state index in [1.54, 1.807) is 6.92 Å². The lowest BCUT2D eigenvalue weighted by Crippen LogP contribution is -2.44.